The number of carbonyl (C=O) groups is 1. The van der Waals surface area contributed by atoms with Crippen LogP contribution in [0, 0.1) is 5.92 Å². The number of benzene rings is 2. The van der Waals surface area contributed by atoms with E-state index in [0.717, 1.165) is 104 Å². The first-order chi connectivity index (χ1) is 23.5. The van der Waals surface area contributed by atoms with Crippen LogP contribution < -0.4 is 14.4 Å². The van der Waals surface area contributed by atoms with Gasteiger partial charge in [0.15, 0.2) is 17.1 Å². The Morgan fingerprint density at radius 2 is 1.77 bits per heavy atom. The third-order valence-electron chi connectivity index (χ3n) is 10.7. The number of amides is 1. The fourth-order valence-electron chi connectivity index (χ4n) is 8.14. The van der Waals surface area contributed by atoms with Gasteiger partial charge in [0.1, 0.15) is 12.1 Å². The second-order valence-electron chi connectivity index (χ2n) is 13.1. The van der Waals surface area contributed by atoms with Gasteiger partial charge >= 0.3 is 0 Å². The van der Waals surface area contributed by atoms with Gasteiger partial charge in [-0.3, -0.25) is 9.69 Å². The van der Waals surface area contributed by atoms with Crippen molar-refractivity contribution in [1.29, 1.82) is 0 Å². The summed E-state index contributed by atoms with van der Waals surface area (Å²) in [5.74, 6) is 2.77. The molecule has 2 fully saturated rings. The van der Waals surface area contributed by atoms with Crippen LogP contribution in [-0.2, 0) is 23.3 Å². The molecule has 4 aromatic rings. The zero-order valence-corrected chi connectivity index (χ0v) is 30.0. The summed E-state index contributed by atoms with van der Waals surface area (Å²) in [6.45, 7) is 5.39. The third kappa shape index (κ3) is 6.13. The van der Waals surface area contributed by atoms with Gasteiger partial charge in [-0.1, -0.05) is 45.7 Å². The quantitative estimate of drug-likeness (QED) is 0.196. The maximum atomic E-state index is 14.0. The van der Waals surface area contributed by atoms with Crippen molar-refractivity contribution in [3.63, 3.8) is 0 Å². The summed E-state index contributed by atoms with van der Waals surface area (Å²) in [6.07, 6.45) is 9.23. The van der Waals surface area contributed by atoms with E-state index in [0.29, 0.717) is 30.6 Å². The molecule has 0 radical (unpaired) electrons. The van der Waals surface area contributed by atoms with E-state index >= 15 is 0 Å². The van der Waals surface area contributed by atoms with Gasteiger partial charge in [0.2, 0.25) is 5.91 Å². The molecule has 1 amide bonds. The average Bonchev–Trinajstić information content (AvgIpc) is 3.54. The minimum absolute atomic E-state index is 0.0412. The molecule has 0 bridgehead atoms. The number of rotatable bonds is 9. The topological polar surface area (TPSA) is 88.9 Å². The van der Waals surface area contributed by atoms with E-state index in [1.54, 1.807) is 20.5 Å². The van der Waals surface area contributed by atoms with Crippen LogP contribution in [0.3, 0.4) is 0 Å². The summed E-state index contributed by atoms with van der Waals surface area (Å²) in [6, 6.07) is 12.2. The highest BCUT2D eigenvalue weighted by atomic mass is 79.9. The van der Waals surface area contributed by atoms with E-state index in [2.05, 4.69) is 57.8 Å². The van der Waals surface area contributed by atoms with Gasteiger partial charge in [-0.15, -0.1) is 0 Å². The molecule has 7 rings (SSSR count). The van der Waals surface area contributed by atoms with Gasteiger partial charge < -0.3 is 19.3 Å². The average molecular weight is 737 g/mol. The number of piperazine rings is 1. The lowest BCUT2D eigenvalue weighted by Gasteiger charge is -2.52. The summed E-state index contributed by atoms with van der Waals surface area (Å²) in [5, 5.41) is 7.23. The predicted octanol–water partition coefficient (Wildman–Crippen LogP) is 5.92. The van der Waals surface area contributed by atoms with Crippen molar-refractivity contribution >= 4 is 50.3 Å². The van der Waals surface area contributed by atoms with Crippen molar-refractivity contribution < 1.29 is 14.3 Å². The first kappa shape index (κ1) is 33.1. The highest BCUT2D eigenvalue weighted by molar-refractivity contribution is 9.09. The highest BCUT2D eigenvalue weighted by Crippen LogP contribution is 2.50. The van der Waals surface area contributed by atoms with E-state index in [-0.39, 0.29) is 11.5 Å². The first-order valence-electron chi connectivity index (χ1n) is 17.0. The van der Waals surface area contributed by atoms with Gasteiger partial charge in [0, 0.05) is 54.5 Å². The maximum Gasteiger partial charge on any atom is 0.225 e. The molecule has 0 unspecified atom stereocenters. The summed E-state index contributed by atoms with van der Waals surface area (Å²) in [7, 11) is 3.41. The van der Waals surface area contributed by atoms with Gasteiger partial charge in [0.25, 0.3) is 0 Å². The molecular weight excluding hydrogens is 694 g/mol. The molecule has 1 saturated heterocycles. The predicted molar refractivity (Wildman–Crippen MR) is 192 cm³/mol. The number of anilines is 1. The minimum Gasteiger partial charge on any atom is -0.493 e. The molecule has 1 spiro atoms. The zero-order chi connectivity index (χ0) is 33.3. The Hall–Kier alpha value is -3.41. The molecule has 2 aliphatic heterocycles. The van der Waals surface area contributed by atoms with E-state index < -0.39 is 0 Å². The van der Waals surface area contributed by atoms with Gasteiger partial charge in [0.05, 0.1) is 32.3 Å². The van der Waals surface area contributed by atoms with Crippen LogP contribution in [0.25, 0.3) is 11.0 Å². The number of aromatic nitrogens is 4. The lowest BCUT2D eigenvalue weighted by atomic mass is 9.68. The Labute approximate surface area is 295 Å². The van der Waals surface area contributed by atoms with E-state index in [9.17, 15) is 4.79 Å². The normalized spacial score (nSPS) is 21.5. The molecule has 3 aliphatic rings. The molecule has 12 heteroatoms. The molecule has 1 saturated carbocycles. The number of hydrogen-bond donors (Lipinski definition) is 0. The van der Waals surface area contributed by atoms with Crippen LogP contribution in [0.2, 0.25) is 5.02 Å². The van der Waals surface area contributed by atoms with Crippen LogP contribution in [0.1, 0.15) is 48.8 Å². The van der Waals surface area contributed by atoms with Crippen molar-refractivity contribution in [3.8, 4) is 11.5 Å². The Balaban J connectivity index is 1.02. The second-order valence-corrected chi connectivity index (χ2v) is 14.3. The SMILES string of the molecule is COc1cc2c(cc1OC)[C@]1(CC[C@H](C(=O)N3CCN(c4ncnc5c4cnn5Cc4ccccc4Cl)CC3)CC1)N(CCCBr)CC2. The summed E-state index contributed by atoms with van der Waals surface area (Å²) >= 11 is 10.1. The number of fused-ring (bicyclic) bond motifs is 3. The minimum atomic E-state index is -0.0839. The van der Waals surface area contributed by atoms with Gasteiger partial charge in [-0.2, -0.15) is 5.10 Å². The Morgan fingerprint density at radius 1 is 1.02 bits per heavy atom. The number of hydrogen-bond acceptors (Lipinski definition) is 8. The van der Waals surface area contributed by atoms with Crippen LogP contribution in [0.5, 0.6) is 11.5 Å². The van der Waals surface area contributed by atoms with Crippen molar-refractivity contribution in [2.75, 3.05) is 63.7 Å². The van der Waals surface area contributed by atoms with E-state index in [1.807, 2.05) is 35.1 Å². The Bertz CT molecular complexity index is 1770. The summed E-state index contributed by atoms with van der Waals surface area (Å²) in [5.41, 5.74) is 4.38. The summed E-state index contributed by atoms with van der Waals surface area (Å²) < 4.78 is 13.3. The molecule has 0 N–H and O–H groups in total. The molecule has 2 aromatic heterocycles. The number of methoxy groups -OCH3 is 2. The van der Waals surface area contributed by atoms with Crippen molar-refractivity contribution in [2.45, 2.75) is 50.6 Å². The van der Waals surface area contributed by atoms with Crippen LogP contribution in [0.4, 0.5) is 5.82 Å². The molecule has 48 heavy (non-hydrogen) atoms. The number of alkyl halides is 1. The molecule has 4 heterocycles. The number of halogens is 2. The van der Waals surface area contributed by atoms with E-state index in [4.69, 9.17) is 21.1 Å². The molecule has 10 nitrogen and oxygen atoms in total. The first-order valence-corrected chi connectivity index (χ1v) is 18.5. The molecule has 0 atom stereocenters. The molecular formula is C36H43BrClN7O3. The monoisotopic (exact) mass is 735 g/mol. The lowest BCUT2D eigenvalue weighted by Crippen LogP contribution is -2.55. The molecule has 2 aromatic carbocycles. The smallest absolute Gasteiger partial charge is 0.225 e. The fourth-order valence-corrected chi connectivity index (χ4v) is 8.58. The maximum absolute atomic E-state index is 14.0. The Morgan fingerprint density at radius 3 is 2.50 bits per heavy atom. The van der Waals surface area contributed by atoms with Crippen LogP contribution >= 0.6 is 27.5 Å². The zero-order valence-electron chi connectivity index (χ0n) is 27.7. The van der Waals surface area contributed by atoms with Crippen molar-refractivity contribution in [2.24, 2.45) is 5.92 Å². The Kier molecular flexibility index (Phi) is 9.80. The van der Waals surface area contributed by atoms with Crippen LogP contribution in [0.15, 0.2) is 48.9 Å². The number of nitrogens with zero attached hydrogens (tertiary/aromatic N) is 7. The number of carbonyl (C=O) groups excluding carboxylic acids is 1. The van der Waals surface area contributed by atoms with Crippen LogP contribution in [-0.4, -0.2) is 94.3 Å². The van der Waals surface area contributed by atoms with Crippen molar-refractivity contribution in [1.82, 2.24) is 29.5 Å². The number of ether oxygens (including phenoxy) is 2. The standard InChI is InChI=1S/C36H43BrClN7O3/c1-47-31-20-26-10-15-44(14-5-13-37)36(29(26)21-32(31)48-2)11-8-25(9-12-36)35(46)43-18-16-42(17-19-43)33-28-22-41-45(34(28)40-24-39-33)23-27-6-3-4-7-30(27)38/h3-4,6-7,20-22,24-25H,5,8-19,23H2,1-2H3/t25-,36+. The summed E-state index contributed by atoms with van der Waals surface area (Å²) in [4.78, 5) is 30.2. The largest absolute Gasteiger partial charge is 0.493 e. The van der Waals surface area contributed by atoms with E-state index in [1.165, 1.54) is 11.1 Å². The van der Waals surface area contributed by atoms with Crippen molar-refractivity contribution in [3.05, 3.63) is 70.6 Å². The van der Waals surface area contributed by atoms with Gasteiger partial charge in [-0.05, 0) is 80.0 Å². The fraction of sp³-hybridized carbons (Fsp3) is 0.500. The molecule has 1 aliphatic carbocycles. The van der Waals surface area contributed by atoms with Gasteiger partial charge in [-0.25, -0.2) is 14.6 Å². The third-order valence-corrected chi connectivity index (χ3v) is 11.6. The second kappa shape index (κ2) is 14.2. The lowest BCUT2D eigenvalue weighted by molar-refractivity contribution is -0.138. The molecule has 254 valence electrons. The highest BCUT2D eigenvalue weighted by Gasteiger charge is 2.47.